The van der Waals surface area contributed by atoms with Crippen molar-refractivity contribution in [3.8, 4) is 0 Å². The lowest BCUT2D eigenvalue weighted by atomic mass is 10.1. The van der Waals surface area contributed by atoms with Gasteiger partial charge in [-0.3, -0.25) is 0 Å². The van der Waals surface area contributed by atoms with E-state index in [4.69, 9.17) is 0 Å². The minimum atomic E-state index is -1.02. The van der Waals surface area contributed by atoms with Crippen LogP contribution in [0.1, 0.15) is 11.1 Å². The molecule has 0 bridgehead atoms. The second kappa shape index (κ2) is 4.08. The van der Waals surface area contributed by atoms with Crippen LogP contribution in [-0.2, 0) is 17.6 Å². The fourth-order valence-electron chi connectivity index (χ4n) is 2.48. The first-order chi connectivity index (χ1) is 8.25. The van der Waals surface area contributed by atoms with E-state index in [2.05, 4.69) is 24.3 Å². The van der Waals surface area contributed by atoms with Crippen LogP contribution in [0.3, 0.4) is 0 Å². The molecule has 2 nitrogen and oxygen atoms in total. The van der Waals surface area contributed by atoms with Crippen LogP contribution >= 0.6 is 11.8 Å². The van der Waals surface area contributed by atoms with E-state index in [1.807, 2.05) is 6.07 Å². The van der Waals surface area contributed by atoms with Gasteiger partial charge in [0.05, 0.1) is 5.97 Å². The maximum Gasteiger partial charge on any atom is 0.0517 e. The first-order valence-electron chi connectivity index (χ1n) is 5.62. The summed E-state index contributed by atoms with van der Waals surface area (Å²) in [5, 5.41) is 13.0. The highest BCUT2D eigenvalue weighted by Crippen LogP contribution is 2.36. The number of benzene rings is 2. The van der Waals surface area contributed by atoms with Gasteiger partial charge in [0.15, 0.2) is 0 Å². The smallest absolute Gasteiger partial charge is 0.0517 e. The van der Waals surface area contributed by atoms with Crippen molar-refractivity contribution in [3.63, 3.8) is 0 Å². The molecule has 0 radical (unpaired) electrons. The van der Waals surface area contributed by atoms with Crippen molar-refractivity contribution in [2.24, 2.45) is 0 Å². The van der Waals surface area contributed by atoms with E-state index in [1.54, 1.807) is 0 Å². The van der Waals surface area contributed by atoms with Gasteiger partial charge in [0.25, 0.3) is 0 Å². The van der Waals surface area contributed by atoms with Crippen LogP contribution in [0.2, 0.25) is 0 Å². The van der Waals surface area contributed by atoms with Gasteiger partial charge in [0.1, 0.15) is 0 Å². The summed E-state index contributed by atoms with van der Waals surface area (Å²) >= 11 is 1.34. The molecule has 17 heavy (non-hydrogen) atoms. The van der Waals surface area contributed by atoms with Gasteiger partial charge < -0.3 is 9.90 Å². The molecule has 0 atom stereocenters. The molecule has 0 saturated carbocycles. The highest BCUT2D eigenvalue weighted by molar-refractivity contribution is 8.00. The molecule has 0 fully saturated rings. The Bertz CT molecular complexity index is 594. The van der Waals surface area contributed by atoms with Crippen LogP contribution in [0.5, 0.6) is 0 Å². The first kappa shape index (κ1) is 10.7. The zero-order chi connectivity index (χ0) is 11.8. The number of thioether (sulfide) groups is 1. The number of aryl methyl sites for hydroxylation is 2. The van der Waals surface area contributed by atoms with Crippen LogP contribution in [0.4, 0.5) is 0 Å². The Balaban J connectivity index is 2.12. The van der Waals surface area contributed by atoms with Gasteiger partial charge in [-0.15, -0.1) is 11.8 Å². The van der Waals surface area contributed by atoms with Gasteiger partial charge in [0.2, 0.25) is 0 Å². The van der Waals surface area contributed by atoms with Gasteiger partial charge in [-0.1, -0.05) is 24.3 Å². The Morgan fingerprint density at radius 1 is 1.18 bits per heavy atom. The van der Waals surface area contributed by atoms with Crippen molar-refractivity contribution in [1.82, 2.24) is 0 Å². The van der Waals surface area contributed by atoms with E-state index in [9.17, 15) is 9.90 Å². The summed E-state index contributed by atoms with van der Waals surface area (Å²) < 4.78 is 0. The molecule has 2 aromatic rings. The Hall–Kier alpha value is -1.48. The molecule has 0 heterocycles. The third kappa shape index (κ3) is 1.80. The molecule has 0 aromatic heterocycles. The van der Waals surface area contributed by atoms with E-state index in [1.165, 1.54) is 33.7 Å². The second-order valence-electron chi connectivity index (χ2n) is 4.22. The van der Waals surface area contributed by atoms with Crippen LogP contribution in [0.25, 0.3) is 10.8 Å². The van der Waals surface area contributed by atoms with Crippen molar-refractivity contribution in [2.75, 3.05) is 5.75 Å². The minimum absolute atomic E-state index is 0.0126. The lowest BCUT2D eigenvalue weighted by molar-refractivity contribution is -0.301. The zero-order valence-corrected chi connectivity index (χ0v) is 10.0. The van der Waals surface area contributed by atoms with Gasteiger partial charge in [-0.05, 0) is 40.8 Å². The average Bonchev–Trinajstić information content (AvgIpc) is 2.74. The van der Waals surface area contributed by atoms with E-state index in [0.717, 1.165) is 17.7 Å². The molecular formula is C14H11O2S-. The maximum absolute atomic E-state index is 10.5. The van der Waals surface area contributed by atoms with Gasteiger partial charge >= 0.3 is 0 Å². The SMILES string of the molecule is O=C([O-])CSc1ccc2c3c(cccc13)CC2. The quantitative estimate of drug-likeness (QED) is 0.771. The Morgan fingerprint density at radius 3 is 2.71 bits per heavy atom. The normalized spacial score (nSPS) is 13.2. The van der Waals surface area contributed by atoms with Crippen molar-refractivity contribution in [1.29, 1.82) is 0 Å². The number of carboxylic acids is 1. The zero-order valence-electron chi connectivity index (χ0n) is 9.23. The fourth-order valence-corrected chi connectivity index (χ4v) is 3.25. The van der Waals surface area contributed by atoms with Gasteiger partial charge in [0, 0.05) is 10.6 Å². The third-order valence-corrected chi connectivity index (χ3v) is 4.23. The summed E-state index contributed by atoms with van der Waals surface area (Å²) in [5.41, 5.74) is 2.77. The molecule has 0 amide bonds. The molecule has 1 aliphatic carbocycles. The topological polar surface area (TPSA) is 40.1 Å². The fraction of sp³-hybridized carbons (Fsp3) is 0.214. The number of hydrogen-bond acceptors (Lipinski definition) is 3. The lowest BCUT2D eigenvalue weighted by Gasteiger charge is -2.08. The average molecular weight is 243 g/mol. The Labute approximate surface area is 104 Å². The number of carbonyl (C=O) groups is 1. The van der Waals surface area contributed by atoms with Crippen LogP contribution in [-0.4, -0.2) is 11.7 Å². The molecule has 0 N–H and O–H groups in total. The summed E-state index contributed by atoms with van der Waals surface area (Å²) in [6, 6.07) is 10.4. The summed E-state index contributed by atoms with van der Waals surface area (Å²) in [7, 11) is 0. The standard InChI is InChI=1S/C14H12O2S/c15-13(16)8-17-12-7-6-10-5-4-9-2-1-3-11(12)14(9)10/h1-3,6-7H,4-5,8H2,(H,15,16)/p-1. The summed E-state index contributed by atoms with van der Waals surface area (Å²) in [4.78, 5) is 11.6. The lowest BCUT2D eigenvalue weighted by Crippen LogP contribution is -2.24. The molecule has 2 aromatic carbocycles. The van der Waals surface area contributed by atoms with E-state index in [0.29, 0.717) is 0 Å². The van der Waals surface area contributed by atoms with E-state index in [-0.39, 0.29) is 5.75 Å². The molecule has 0 aliphatic heterocycles. The molecule has 86 valence electrons. The van der Waals surface area contributed by atoms with E-state index < -0.39 is 5.97 Å². The van der Waals surface area contributed by atoms with Crippen molar-refractivity contribution < 1.29 is 9.90 Å². The Kier molecular flexibility index (Phi) is 2.56. The summed E-state index contributed by atoms with van der Waals surface area (Å²) in [6.07, 6.45) is 2.20. The maximum atomic E-state index is 10.5. The highest BCUT2D eigenvalue weighted by Gasteiger charge is 2.15. The van der Waals surface area contributed by atoms with Crippen LogP contribution < -0.4 is 5.11 Å². The number of rotatable bonds is 3. The Morgan fingerprint density at radius 2 is 1.94 bits per heavy atom. The van der Waals surface area contributed by atoms with Crippen LogP contribution in [0.15, 0.2) is 35.2 Å². The van der Waals surface area contributed by atoms with Crippen molar-refractivity contribution in [3.05, 3.63) is 41.5 Å². The number of aliphatic carboxylic acids is 1. The third-order valence-electron chi connectivity index (χ3n) is 3.18. The first-order valence-corrected chi connectivity index (χ1v) is 6.60. The van der Waals surface area contributed by atoms with Gasteiger partial charge in [-0.2, -0.15) is 0 Å². The molecule has 0 spiro atoms. The highest BCUT2D eigenvalue weighted by atomic mass is 32.2. The predicted molar refractivity (Wildman–Crippen MR) is 67.1 cm³/mol. The predicted octanol–water partition coefficient (Wildman–Crippen LogP) is 1.78. The summed E-state index contributed by atoms with van der Waals surface area (Å²) in [6.45, 7) is 0. The molecule has 1 aliphatic rings. The second-order valence-corrected chi connectivity index (χ2v) is 5.24. The van der Waals surface area contributed by atoms with Crippen molar-refractivity contribution >= 4 is 28.5 Å². The number of carboxylic acid groups (broad SMARTS) is 1. The van der Waals surface area contributed by atoms with Crippen LogP contribution in [0, 0.1) is 0 Å². The minimum Gasteiger partial charge on any atom is -0.549 e. The summed E-state index contributed by atoms with van der Waals surface area (Å²) in [5.74, 6) is -1.00. The molecular weight excluding hydrogens is 232 g/mol. The molecule has 0 unspecified atom stereocenters. The van der Waals surface area contributed by atoms with E-state index >= 15 is 0 Å². The largest absolute Gasteiger partial charge is 0.549 e. The monoisotopic (exact) mass is 243 g/mol. The molecule has 0 saturated heterocycles. The molecule has 3 heteroatoms. The number of carbonyl (C=O) groups excluding carboxylic acids is 1. The number of hydrogen-bond donors (Lipinski definition) is 0. The van der Waals surface area contributed by atoms with Crippen molar-refractivity contribution in [2.45, 2.75) is 17.7 Å². The molecule has 3 rings (SSSR count). The van der Waals surface area contributed by atoms with Gasteiger partial charge in [-0.25, -0.2) is 0 Å².